The molecule has 15 heavy (non-hydrogen) atoms. The molecule has 0 aliphatic carbocycles. The Morgan fingerprint density at radius 1 is 1.47 bits per heavy atom. The second-order valence-corrected chi connectivity index (χ2v) is 5.24. The molecular formula is C11H18BrNOS. The van der Waals surface area contributed by atoms with Gasteiger partial charge in [-0.2, -0.15) is 11.3 Å². The number of ether oxygens (including phenoxy) is 1. The minimum Gasteiger partial charge on any atom is -0.382 e. The summed E-state index contributed by atoms with van der Waals surface area (Å²) in [4.78, 5) is 0. The smallest absolute Gasteiger partial charge is 0.0543 e. The van der Waals surface area contributed by atoms with Gasteiger partial charge in [0.1, 0.15) is 0 Å². The van der Waals surface area contributed by atoms with Crippen LogP contribution in [0.15, 0.2) is 15.2 Å². The van der Waals surface area contributed by atoms with Gasteiger partial charge in [-0.05, 0) is 53.7 Å². The molecule has 0 spiro atoms. The third-order valence-corrected chi connectivity index (χ3v) is 4.38. The fourth-order valence-corrected chi connectivity index (χ4v) is 3.14. The number of hydrogen-bond donors (Lipinski definition) is 1. The van der Waals surface area contributed by atoms with Crippen LogP contribution in [0.25, 0.3) is 0 Å². The zero-order valence-corrected chi connectivity index (χ0v) is 11.8. The molecule has 0 saturated heterocycles. The van der Waals surface area contributed by atoms with Gasteiger partial charge in [0.2, 0.25) is 0 Å². The standard InChI is InChI=1S/C11H18BrNOS/c1-8(14-3)4-5-11(13-2)9-6-15-7-10(9)12/h6-8,11,13H,4-5H2,1-3H3. The van der Waals surface area contributed by atoms with Gasteiger partial charge in [-0.15, -0.1) is 0 Å². The third kappa shape index (κ3) is 3.87. The predicted molar refractivity (Wildman–Crippen MR) is 69.5 cm³/mol. The molecule has 0 aliphatic heterocycles. The molecule has 1 aromatic heterocycles. The number of nitrogens with one attached hydrogen (secondary N) is 1. The lowest BCUT2D eigenvalue weighted by Crippen LogP contribution is -2.18. The van der Waals surface area contributed by atoms with E-state index in [0.717, 1.165) is 12.8 Å². The molecule has 1 rings (SSSR count). The summed E-state index contributed by atoms with van der Waals surface area (Å²) < 4.78 is 6.46. The Hall–Kier alpha value is 0.100. The average Bonchev–Trinajstić information content (AvgIpc) is 2.65. The normalized spacial score (nSPS) is 15.2. The highest BCUT2D eigenvalue weighted by Crippen LogP contribution is 2.30. The Morgan fingerprint density at radius 2 is 2.20 bits per heavy atom. The molecule has 2 atom stereocenters. The van der Waals surface area contributed by atoms with Crippen LogP contribution in [0.2, 0.25) is 0 Å². The fourth-order valence-electron chi connectivity index (χ4n) is 1.51. The maximum atomic E-state index is 5.26. The van der Waals surface area contributed by atoms with E-state index < -0.39 is 0 Å². The summed E-state index contributed by atoms with van der Waals surface area (Å²) in [6, 6.07) is 0.420. The van der Waals surface area contributed by atoms with Gasteiger partial charge in [-0.1, -0.05) is 0 Å². The quantitative estimate of drug-likeness (QED) is 0.865. The first-order chi connectivity index (χ1) is 7.19. The molecule has 0 aliphatic rings. The molecule has 0 fully saturated rings. The second kappa shape index (κ2) is 6.63. The van der Waals surface area contributed by atoms with Gasteiger partial charge in [0.05, 0.1) is 6.10 Å². The third-order valence-electron chi connectivity index (χ3n) is 2.63. The molecule has 2 nitrogen and oxygen atoms in total. The van der Waals surface area contributed by atoms with E-state index in [4.69, 9.17) is 4.74 Å². The largest absolute Gasteiger partial charge is 0.382 e. The van der Waals surface area contributed by atoms with E-state index in [1.165, 1.54) is 10.0 Å². The van der Waals surface area contributed by atoms with E-state index in [1.54, 1.807) is 18.4 Å². The van der Waals surface area contributed by atoms with Gasteiger partial charge < -0.3 is 10.1 Å². The summed E-state index contributed by atoms with van der Waals surface area (Å²) in [7, 11) is 3.77. The van der Waals surface area contributed by atoms with Crippen LogP contribution in [0.3, 0.4) is 0 Å². The van der Waals surface area contributed by atoms with Gasteiger partial charge in [0.15, 0.2) is 0 Å². The van der Waals surface area contributed by atoms with Crippen molar-refractivity contribution in [2.24, 2.45) is 0 Å². The lowest BCUT2D eigenvalue weighted by Gasteiger charge is -2.18. The number of rotatable bonds is 6. The Labute approximate surface area is 104 Å². The minimum atomic E-state index is 0.332. The van der Waals surface area contributed by atoms with Crippen molar-refractivity contribution < 1.29 is 4.74 Å². The van der Waals surface area contributed by atoms with Gasteiger partial charge in [-0.25, -0.2) is 0 Å². The van der Waals surface area contributed by atoms with Crippen molar-refractivity contribution in [1.82, 2.24) is 5.32 Å². The molecule has 0 aromatic carbocycles. The second-order valence-electron chi connectivity index (χ2n) is 3.64. The van der Waals surface area contributed by atoms with Gasteiger partial charge in [0.25, 0.3) is 0 Å². The van der Waals surface area contributed by atoms with E-state index in [9.17, 15) is 0 Å². The molecule has 1 N–H and O–H groups in total. The number of hydrogen-bond acceptors (Lipinski definition) is 3. The van der Waals surface area contributed by atoms with Crippen LogP contribution in [0.5, 0.6) is 0 Å². The SMILES string of the molecule is CNC(CCC(C)OC)c1cscc1Br. The van der Waals surface area contributed by atoms with Crippen molar-refractivity contribution in [3.8, 4) is 0 Å². The molecule has 0 radical (unpaired) electrons. The summed E-state index contributed by atoms with van der Waals surface area (Å²) in [6.45, 7) is 2.11. The number of methoxy groups -OCH3 is 1. The van der Waals surface area contributed by atoms with Crippen LogP contribution in [-0.2, 0) is 4.74 Å². The van der Waals surface area contributed by atoms with Crippen LogP contribution >= 0.6 is 27.3 Å². The lowest BCUT2D eigenvalue weighted by molar-refractivity contribution is 0.106. The van der Waals surface area contributed by atoms with E-state index in [2.05, 4.69) is 38.9 Å². The van der Waals surface area contributed by atoms with E-state index in [1.807, 2.05) is 7.05 Å². The molecule has 2 unspecified atom stereocenters. The summed E-state index contributed by atoms with van der Waals surface area (Å²) in [6.07, 6.45) is 2.50. The average molecular weight is 292 g/mol. The highest BCUT2D eigenvalue weighted by Gasteiger charge is 2.14. The zero-order chi connectivity index (χ0) is 11.3. The Bertz CT molecular complexity index is 290. The van der Waals surface area contributed by atoms with Crippen LogP contribution in [0, 0.1) is 0 Å². The maximum Gasteiger partial charge on any atom is 0.0543 e. The fraction of sp³-hybridized carbons (Fsp3) is 0.636. The van der Waals surface area contributed by atoms with Crippen molar-refractivity contribution in [1.29, 1.82) is 0 Å². The highest BCUT2D eigenvalue weighted by atomic mass is 79.9. The number of halogens is 1. The van der Waals surface area contributed by atoms with Crippen LogP contribution in [0.4, 0.5) is 0 Å². The van der Waals surface area contributed by atoms with Crippen molar-refractivity contribution >= 4 is 27.3 Å². The summed E-state index contributed by atoms with van der Waals surface area (Å²) in [5.41, 5.74) is 1.35. The summed E-state index contributed by atoms with van der Waals surface area (Å²) in [5.74, 6) is 0. The van der Waals surface area contributed by atoms with E-state index in [-0.39, 0.29) is 0 Å². The predicted octanol–water partition coefficient (Wildman–Crippen LogP) is 3.59. The highest BCUT2D eigenvalue weighted by molar-refractivity contribution is 9.10. The number of thiophene rings is 1. The van der Waals surface area contributed by atoms with Crippen molar-refractivity contribution in [2.45, 2.75) is 31.9 Å². The van der Waals surface area contributed by atoms with Gasteiger partial charge in [-0.3, -0.25) is 0 Å². The van der Waals surface area contributed by atoms with E-state index >= 15 is 0 Å². The van der Waals surface area contributed by atoms with Crippen LogP contribution in [-0.4, -0.2) is 20.3 Å². The Morgan fingerprint density at radius 3 is 2.67 bits per heavy atom. The molecule has 1 aromatic rings. The summed E-state index contributed by atoms with van der Waals surface area (Å²) in [5, 5.41) is 7.67. The molecule has 1 heterocycles. The first kappa shape index (κ1) is 13.2. The monoisotopic (exact) mass is 291 g/mol. The molecular weight excluding hydrogens is 274 g/mol. The lowest BCUT2D eigenvalue weighted by atomic mass is 10.0. The Balaban J connectivity index is 2.53. The van der Waals surface area contributed by atoms with Gasteiger partial charge >= 0.3 is 0 Å². The van der Waals surface area contributed by atoms with Crippen LogP contribution < -0.4 is 5.32 Å². The Kier molecular flexibility index (Phi) is 5.82. The van der Waals surface area contributed by atoms with Crippen LogP contribution in [0.1, 0.15) is 31.4 Å². The molecule has 0 saturated carbocycles. The van der Waals surface area contributed by atoms with Crippen molar-refractivity contribution in [3.05, 3.63) is 20.8 Å². The summed E-state index contributed by atoms with van der Waals surface area (Å²) >= 11 is 5.30. The molecule has 0 amide bonds. The molecule has 86 valence electrons. The zero-order valence-electron chi connectivity index (χ0n) is 9.42. The molecule has 0 bridgehead atoms. The molecule has 4 heteroatoms. The minimum absolute atomic E-state index is 0.332. The topological polar surface area (TPSA) is 21.3 Å². The van der Waals surface area contributed by atoms with Crippen molar-refractivity contribution in [3.63, 3.8) is 0 Å². The first-order valence-electron chi connectivity index (χ1n) is 5.10. The first-order valence-corrected chi connectivity index (χ1v) is 6.84. The van der Waals surface area contributed by atoms with Gasteiger partial charge in [0, 0.05) is 23.0 Å². The van der Waals surface area contributed by atoms with Crippen molar-refractivity contribution in [2.75, 3.05) is 14.2 Å². The van der Waals surface area contributed by atoms with E-state index in [0.29, 0.717) is 12.1 Å². The maximum absolute atomic E-state index is 5.26.